The number of primary amides is 1. The number of aromatic nitrogens is 1. The third-order valence-corrected chi connectivity index (χ3v) is 4.82. The van der Waals surface area contributed by atoms with Crippen molar-refractivity contribution in [2.45, 2.75) is 19.8 Å². The van der Waals surface area contributed by atoms with Crippen molar-refractivity contribution in [1.29, 1.82) is 0 Å². The first-order valence-electron chi connectivity index (χ1n) is 8.28. The maximum atomic E-state index is 13.2. The van der Waals surface area contributed by atoms with E-state index in [1.54, 1.807) is 6.92 Å². The zero-order chi connectivity index (χ0) is 19.4. The average Bonchev–Trinajstić information content (AvgIpc) is 3.27. The Balaban J connectivity index is 1.81. The Morgan fingerprint density at radius 1 is 1.26 bits per heavy atom. The molecule has 6 nitrogen and oxygen atoms in total. The molecule has 2 aromatic heterocycles. The first-order valence-corrected chi connectivity index (χ1v) is 9.16. The smallest absolute Gasteiger partial charge is 0.236 e. The summed E-state index contributed by atoms with van der Waals surface area (Å²) in [6, 6.07) is 9.28. The van der Waals surface area contributed by atoms with Gasteiger partial charge in [0.1, 0.15) is 11.6 Å². The molecule has 0 spiro atoms. The van der Waals surface area contributed by atoms with Crippen molar-refractivity contribution in [3.05, 3.63) is 59.0 Å². The molecule has 8 heteroatoms. The molecule has 3 aromatic rings. The fraction of sp³-hybridized carbons (Fsp3) is 0.211. The van der Waals surface area contributed by atoms with Gasteiger partial charge in [-0.25, -0.2) is 9.37 Å². The van der Waals surface area contributed by atoms with E-state index in [1.807, 2.05) is 17.5 Å². The molecule has 0 atom stereocenters. The molecule has 140 valence electrons. The van der Waals surface area contributed by atoms with Gasteiger partial charge in [0.25, 0.3) is 0 Å². The minimum atomic E-state index is -0.521. The Bertz CT molecular complexity index is 936. The van der Waals surface area contributed by atoms with Crippen LogP contribution in [0.1, 0.15) is 17.9 Å². The number of thiophene rings is 1. The Kier molecular flexibility index (Phi) is 5.66. The quantitative estimate of drug-likeness (QED) is 0.674. The Hall–Kier alpha value is -3.00. The SMILES string of the molecule is Cc1oc(-c2cccs2)nc1CC(=O)N(CCC(N)=O)c1ccc(F)cc1. The van der Waals surface area contributed by atoms with Gasteiger partial charge >= 0.3 is 0 Å². The molecule has 2 amide bonds. The fourth-order valence-electron chi connectivity index (χ4n) is 2.58. The molecule has 0 aliphatic rings. The molecule has 2 heterocycles. The van der Waals surface area contributed by atoms with Gasteiger partial charge < -0.3 is 15.1 Å². The molecule has 0 radical (unpaired) electrons. The number of halogens is 1. The van der Waals surface area contributed by atoms with E-state index >= 15 is 0 Å². The highest BCUT2D eigenvalue weighted by Crippen LogP contribution is 2.26. The number of carbonyl (C=O) groups excluding carboxylic acids is 2. The zero-order valence-electron chi connectivity index (χ0n) is 14.6. The summed E-state index contributed by atoms with van der Waals surface area (Å²) >= 11 is 1.49. The van der Waals surface area contributed by atoms with Crippen LogP contribution >= 0.6 is 11.3 Å². The number of nitrogens with two attached hydrogens (primary N) is 1. The summed E-state index contributed by atoms with van der Waals surface area (Å²) < 4.78 is 18.9. The molecule has 0 aliphatic carbocycles. The second kappa shape index (κ2) is 8.13. The van der Waals surface area contributed by atoms with E-state index in [4.69, 9.17) is 10.2 Å². The van der Waals surface area contributed by atoms with Gasteiger partial charge in [0.05, 0.1) is 17.0 Å². The van der Waals surface area contributed by atoms with Crippen LogP contribution in [-0.4, -0.2) is 23.3 Å². The van der Waals surface area contributed by atoms with Crippen LogP contribution in [0, 0.1) is 12.7 Å². The van der Waals surface area contributed by atoms with Gasteiger partial charge in [0.2, 0.25) is 17.7 Å². The summed E-state index contributed by atoms with van der Waals surface area (Å²) in [5.74, 6) is -0.185. The summed E-state index contributed by atoms with van der Waals surface area (Å²) in [5.41, 5.74) is 6.23. The lowest BCUT2D eigenvalue weighted by atomic mass is 10.2. The largest absolute Gasteiger partial charge is 0.440 e. The van der Waals surface area contributed by atoms with E-state index in [9.17, 15) is 14.0 Å². The van der Waals surface area contributed by atoms with Gasteiger partial charge in [0, 0.05) is 18.7 Å². The highest BCUT2D eigenvalue weighted by atomic mass is 32.1. The minimum absolute atomic E-state index is 0.00135. The third kappa shape index (κ3) is 4.59. The minimum Gasteiger partial charge on any atom is -0.440 e. The van der Waals surface area contributed by atoms with Crippen LogP contribution in [0.2, 0.25) is 0 Å². The maximum absolute atomic E-state index is 13.2. The Morgan fingerprint density at radius 3 is 2.63 bits per heavy atom. The second-order valence-electron chi connectivity index (χ2n) is 5.91. The summed E-state index contributed by atoms with van der Waals surface area (Å²) in [6.07, 6.45) is -0.00178. The van der Waals surface area contributed by atoms with Crippen LogP contribution in [0.3, 0.4) is 0 Å². The topological polar surface area (TPSA) is 89.4 Å². The number of carbonyl (C=O) groups is 2. The average molecular weight is 387 g/mol. The first kappa shape index (κ1) is 18.8. The molecule has 0 bridgehead atoms. The van der Waals surface area contributed by atoms with E-state index < -0.39 is 11.7 Å². The molecule has 3 rings (SSSR count). The number of benzene rings is 1. The molecule has 0 saturated heterocycles. The summed E-state index contributed by atoms with van der Waals surface area (Å²) in [6.45, 7) is 1.85. The summed E-state index contributed by atoms with van der Waals surface area (Å²) in [5, 5.41) is 1.92. The van der Waals surface area contributed by atoms with Gasteiger partial charge in [-0.15, -0.1) is 11.3 Å². The Labute approximate surface area is 159 Å². The molecular formula is C19H18FN3O3S. The second-order valence-corrected chi connectivity index (χ2v) is 6.86. The maximum Gasteiger partial charge on any atom is 0.236 e. The highest BCUT2D eigenvalue weighted by molar-refractivity contribution is 7.13. The number of nitrogens with zero attached hydrogens (tertiary/aromatic N) is 2. The molecule has 27 heavy (non-hydrogen) atoms. The number of anilines is 1. The van der Waals surface area contributed by atoms with E-state index in [-0.39, 0.29) is 25.3 Å². The zero-order valence-corrected chi connectivity index (χ0v) is 15.5. The van der Waals surface area contributed by atoms with Crippen LogP contribution < -0.4 is 10.6 Å². The Morgan fingerprint density at radius 2 is 2.00 bits per heavy atom. The number of rotatable bonds is 7. The number of amides is 2. The standard InChI is InChI=1S/C19H18FN3O3S/c1-12-15(22-19(26-12)16-3-2-10-27-16)11-18(25)23(9-8-17(21)24)14-6-4-13(20)5-7-14/h2-7,10H,8-9,11H2,1H3,(H2,21,24). The van der Waals surface area contributed by atoms with Crippen LogP contribution in [0.5, 0.6) is 0 Å². The van der Waals surface area contributed by atoms with Gasteiger partial charge in [-0.05, 0) is 42.6 Å². The normalized spacial score (nSPS) is 10.7. The molecular weight excluding hydrogens is 369 g/mol. The molecule has 0 aliphatic heterocycles. The van der Waals surface area contributed by atoms with E-state index in [1.165, 1.54) is 40.5 Å². The van der Waals surface area contributed by atoms with Crippen molar-refractivity contribution in [1.82, 2.24) is 4.98 Å². The highest BCUT2D eigenvalue weighted by Gasteiger charge is 2.21. The molecule has 0 unspecified atom stereocenters. The number of aryl methyl sites for hydroxylation is 1. The van der Waals surface area contributed by atoms with Crippen molar-refractivity contribution < 1.29 is 18.4 Å². The number of hydrogen-bond donors (Lipinski definition) is 1. The van der Waals surface area contributed by atoms with Crippen molar-refractivity contribution in [2.24, 2.45) is 5.73 Å². The van der Waals surface area contributed by atoms with Crippen LogP contribution in [-0.2, 0) is 16.0 Å². The van der Waals surface area contributed by atoms with E-state index in [0.29, 0.717) is 23.0 Å². The van der Waals surface area contributed by atoms with Gasteiger partial charge in [0.15, 0.2) is 0 Å². The predicted octanol–water partition coefficient (Wildman–Crippen LogP) is 3.30. The predicted molar refractivity (Wildman–Crippen MR) is 101 cm³/mol. The van der Waals surface area contributed by atoms with Crippen LogP contribution in [0.4, 0.5) is 10.1 Å². The van der Waals surface area contributed by atoms with Gasteiger partial charge in [-0.3, -0.25) is 9.59 Å². The lowest BCUT2D eigenvalue weighted by Gasteiger charge is -2.22. The lowest BCUT2D eigenvalue weighted by molar-refractivity contribution is -0.118. The third-order valence-electron chi connectivity index (χ3n) is 3.96. The lowest BCUT2D eigenvalue weighted by Crippen LogP contribution is -2.35. The monoisotopic (exact) mass is 387 g/mol. The molecule has 0 fully saturated rings. The van der Waals surface area contributed by atoms with Crippen molar-refractivity contribution in [3.8, 4) is 10.8 Å². The van der Waals surface area contributed by atoms with E-state index in [2.05, 4.69) is 4.98 Å². The van der Waals surface area contributed by atoms with Crippen LogP contribution in [0.15, 0.2) is 46.2 Å². The molecule has 2 N–H and O–H groups in total. The van der Waals surface area contributed by atoms with Crippen LogP contribution in [0.25, 0.3) is 10.8 Å². The van der Waals surface area contributed by atoms with Gasteiger partial charge in [-0.2, -0.15) is 0 Å². The van der Waals surface area contributed by atoms with Crippen molar-refractivity contribution in [2.75, 3.05) is 11.4 Å². The summed E-state index contributed by atoms with van der Waals surface area (Å²) in [4.78, 5) is 30.7. The molecule has 0 saturated carbocycles. The van der Waals surface area contributed by atoms with Crippen molar-refractivity contribution in [3.63, 3.8) is 0 Å². The van der Waals surface area contributed by atoms with Gasteiger partial charge in [-0.1, -0.05) is 6.07 Å². The van der Waals surface area contributed by atoms with E-state index in [0.717, 1.165) is 4.88 Å². The van der Waals surface area contributed by atoms with Crippen molar-refractivity contribution >= 4 is 28.8 Å². The molecule has 1 aromatic carbocycles. The fourth-order valence-corrected chi connectivity index (χ4v) is 3.23. The first-order chi connectivity index (χ1) is 12.9. The number of hydrogen-bond acceptors (Lipinski definition) is 5. The summed E-state index contributed by atoms with van der Waals surface area (Å²) in [7, 11) is 0. The number of oxazole rings is 1.